The number of nitro benzene ring substituents is 1. The van der Waals surface area contributed by atoms with Gasteiger partial charge in [0, 0.05) is 17.5 Å². The van der Waals surface area contributed by atoms with E-state index in [1.54, 1.807) is 18.2 Å². The maximum atomic E-state index is 12.1. The first kappa shape index (κ1) is 15.9. The van der Waals surface area contributed by atoms with Crippen molar-refractivity contribution in [3.05, 3.63) is 80.7 Å². The monoisotopic (exact) mass is 317 g/mol. The molecular formula is C16H15NO4S. The molecule has 0 radical (unpaired) electrons. The van der Waals surface area contributed by atoms with Gasteiger partial charge in [-0.25, -0.2) is 8.42 Å². The van der Waals surface area contributed by atoms with Gasteiger partial charge in [0.05, 0.1) is 10.7 Å². The molecule has 22 heavy (non-hydrogen) atoms. The van der Waals surface area contributed by atoms with Crippen molar-refractivity contribution in [1.82, 2.24) is 0 Å². The molecule has 0 atom stereocenters. The van der Waals surface area contributed by atoms with Crippen molar-refractivity contribution in [1.29, 1.82) is 0 Å². The van der Waals surface area contributed by atoms with Crippen molar-refractivity contribution in [2.45, 2.75) is 12.7 Å². The maximum Gasteiger partial charge on any atom is 0.270 e. The Morgan fingerprint density at radius 3 is 2.45 bits per heavy atom. The summed E-state index contributed by atoms with van der Waals surface area (Å²) >= 11 is 0. The summed E-state index contributed by atoms with van der Waals surface area (Å²) in [6.07, 6.45) is 1.37. The summed E-state index contributed by atoms with van der Waals surface area (Å²) in [7, 11) is -3.43. The average Bonchev–Trinajstić information content (AvgIpc) is 2.48. The summed E-state index contributed by atoms with van der Waals surface area (Å²) in [5.74, 6) is -0.0985. The van der Waals surface area contributed by atoms with Crippen molar-refractivity contribution in [2.75, 3.05) is 0 Å². The van der Waals surface area contributed by atoms with E-state index in [-0.39, 0.29) is 11.4 Å². The van der Waals surface area contributed by atoms with E-state index in [0.29, 0.717) is 11.1 Å². The fourth-order valence-corrected chi connectivity index (χ4v) is 3.01. The second-order valence-electron chi connectivity index (χ2n) is 4.95. The van der Waals surface area contributed by atoms with E-state index in [1.807, 2.05) is 19.1 Å². The highest BCUT2D eigenvalue weighted by atomic mass is 32.2. The number of aryl methyl sites for hydroxylation is 1. The molecule has 0 spiro atoms. The lowest BCUT2D eigenvalue weighted by atomic mass is 10.2. The molecule has 0 aliphatic heterocycles. The number of hydrogen-bond acceptors (Lipinski definition) is 4. The standard InChI is InChI=1S/C16H15NO4S/c1-13-5-7-15(8-6-13)12-22(20,21)10-9-14-3-2-4-16(11-14)17(18)19/h2-11H,12H2,1H3/b10-9+. The lowest BCUT2D eigenvalue weighted by Gasteiger charge is -2.01. The number of nitro groups is 1. The number of sulfone groups is 1. The first-order valence-corrected chi connectivity index (χ1v) is 8.28. The minimum Gasteiger partial charge on any atom is -0.258 e. The number of nitrogens with zero attached hydrogens (tertiary/aromatic N) is 1. The van der Waals surface area contributed by atoms with Crippen LogP contribution < -0.4 is 0 Å². The van der Waals surface area contributed by atoms with E-state index < -0.39 is 14.8 Å². The van der Waals surface area contributed by atoms with Gasteiger partial charge < -0.3 is 0 Å². The van der Waals surface area contributed by atoms with Crippen LogP contribution in [0.5, 0.6) is 0 Å². The minimum atomic E-state index is -3.43. The molecule has 0 saturated heterocycles. The average molecular weight is 317 g/mol. The second-order valence-corrected chi connectivity index (χ2v) is 6.83. The Balaban J connectivity index is 2.15. The third-order valence-electron chi connectivity index (χ3n) is 3.04. The molecule has 0 heterocycles. The van der Waals surface area contributed by atoms with Crippen LogP contribution in [0.3, 0.4) is 0 Å². The van der Waals surface area contributed by atoms with Crippen LogP contribution in [-0.4, -0.2) is 13.3 Å². The number of benzene rings is 2. The zero-order chi connectivity index (χ0) is 16.2. The molecule has 0 aromatic heterocycles. The van der Waals surface area contributed by atoms with Gasteiger partial charge in [-0.05, 0) is 24.1 Å². The zero-order valence-corrected chi connectivity index (χ0v) is 12.8. The van der Waals surface area contributed by atoms with Gasteiger partial charge in [-0.3, -0.25) is 10.1 Å². The van der Waals surface area contributed by atoms with Crippen molar-refractivity contribution < 1.29 is 13.3 Å². The van der Waals surface area contributed by atoms with E-state index in [9.17, 15) is 18.5 Å². The zero-order valence-electron chi connectivity index (χ0n) is 12.0. The van der Waals surface area contributed by atoms with Gasteiger partial charge in [-0.15, -0.1) is 0 Å². The molecule has 0 aliphatic carbocycles. The summed E-state index contributed by atoms with van der Waals surface area (Å²) in [4.78, 5) is 10.2. The third kappa shape index (κ3) is 4.53. The van der Waals surface area contributed by atoms with Crippen LogP contribution in [0.15, 0.2) is 53.9 Å². The van der Waals surface area contributed by atoms with Gasteiger partial charge in [-0.2, -0.15) is 0 Å². The van der Waals surface area contributed by atoms with Gasteiger partial charge in [0.25, 0.3) is 5.69 Å². The Morgan fingerprint density at radius 1 is 1.14 bits per heavy atom. The van der Waals surface area contributed by atoms with Crippen LogP contribution in [0.25, 0.3) is 6.08 Å². The topological polar surface area (TPSA) is 77.3 Å². The molecule has 5 nitrogen and oxygen atoms in total. The SMILES string of the molecule is Cc1ccc(CS(=O)(=O)/C=C/c2cccc([N+](=O)[O-])c2)cc1. The van der Waals surface area contributed by atoms with Crippen LogP contribution in [0.2, 0.25) is 0 Å². The summed E-state index contributed by atoms with van der Waals surface area (Å²) in [6.45, 7) is 1.93. The number of non-ortho nitro benzene ring substituents is 1. The molecule has 0 saturated carbocycles. The highest BCUT2D eigenvalue weighted by Gasteiger charge is 2.09. The first-order chi connectivity index (χ1) is 10.4. The number of rotatable bonds is 5. The van der Waals surface area contributed by atoms with E-state index in [2.05, 4.69) is 0 Å². The molecule has 0 amide bonds. The summed E-state index contributed by atoms with van der Waals surface area (Å²) in [5.41, 5.74) is 2.17. The molecule has 6 heteroatoms. The molecule has 2 aromatic carbocycles. The molecule has 0 unspecified atom stereocenters. The van der Waals surface area contributed by atoms with Gasteiger partial charge in [0.15, 0.2) is 9.84 Å². The van der Waals surface area contributed by atoms with Gasteiger partial charge in [0.1, 0.15) is 0 Å². The predicted molar refractivity (Wildman–Crippen MR) is 85.9 cm³/mol. The maximum absolute atomic E-state index is 12.1. The summed E-state index contributed by atoms with van der Waals surface area (Å²) in [5, 5.41) is 11.8. The Kier molecular flexibility index (Phi) is 4.72. The van der Waals surface area contributed by atoms with Crippen molar-refractivity contribution in [2.24, 2.45) is 0 Å². The fourth-order valence-electron chi connectivity index (χ4n) is 1.89. The largest absolute Gasteiger partial charge is 0.270 e. The van der Waals surface area contributed by atoms with E-state index in [4.69, 9.17) is 0 Å². The van der Waals surface area contributed by atoms with E-state index >= 15 is 0 Å². The van der Waals surface area contributed by atoms with Crippen LogP contribution in [0, 0.1) is 17.0 Å². The van der Waals surface area contributed by atoms with Crippen LogP contribution in [0.1, 0.15) is 16.7 Å². The number of hydrogen-bond donors (Lipinski definition) is 0. The van der Waals surface area contributed by atoms with E-state index in [0.717, 1.165) is 11.0 Å². The lowest BCUT2D eigenvalue weighted by Crippen LogP contribution is -1.99. The molecule has 0 N–H and O–H groups in total. The van der Waals surface area contributed by atoms with Gasteiger partial charge >= 0.3 is 0 Å². The Morgan fingerprint density at radius 2 is 1.82 bits per heavy atom. The van der Waals surface area contributed by atoms with Crippen LogP contribution in [0.4, 0.5) is 5.69 Å². The van der Waals surface area contributed by atoms with Gasteiger partial charge in [-0.1, -0.05) is 42.0 Å². The third-order valence-corrected chi connectivity index (χ3v) is 4.32. The van der Waals surface area contributed by atoms with Gasteiger partial charge in [0.2, 0.25) is 0 Å². The highest BCUT2D eigenvalue weighted by molar-refractivity contribution is 7.93. The molecule has 0 fully saturated rings. The summed E-state index contributed by atoms with van der Waals surface area (Å²) < 4.78 is 24.1. The fraction of sp³-hybridized carbons (Fsp3) is 0.125. The van der Waals surface area contributed by atoms with Crippen molar-refractivity contribution in [3.63, 3.8) is 0 Å². The Hall–Kier alpha value is -2.47. The molecule has 0 aliphatic rings. The summed E-state index contributed by atoms with van der Waals surface area (Å²) in [6, 6.07) is 13.1. The molecular weight excluding hydrogens is 302 g/mol. The molecule has 2 rings (SSSR count). The van der Waals surface area contributed by atoms with Crippen molar-refractivity contribution >= 4 is 21.6 Å². The van der Waals surface area contributed by atoms with Crippen molar-refractivity contribution in [3.8, 4) is 0 Å². The first-order valence-electron chi connectivity index (χ1n) is 6.56. The second kappa shape index (κ2) is 6.53. The van der Waals surface area contributed by atoms with Crippen LogP contribution >= 0.6 is 0 Å². The van der Waals surface area contributed by atoms with Crippen LogP contribution in [-0.2, 0) is 15.6 Å². The predicted octanol–water partition coefficient (Wildman–Crippen LogP) is 3.49. The molecule has 0 bridgehead atoms. The Bertz CT molecular complexity index is 808. The normalized spacial score (nSPS) is 11.7. The lowest BCUT2D eigenvalue weighted by molar-refractivity contribution is -0.384. The Labute approximate surface area is 129 Å². The molecule has 2 aromatic rings. The minimum absolute atomic E-state index is 0.0712. The molecule has 114 valence electrons. The quantitative estimate of drug-likeness (QED) is 0.624. The van der Waals surface area contributed by atoms with E-state index in [1.165, 1.54) is 24.3 Å². The highest BCUT2D eigenvalue weighted by Crippen LogP contribution is 2.16. The smallest absolute Gasteiger partial charge is 0.258 e.